The standard InChI is InChI=1S/C19H17FN2O2S2.C11H16N2O.H2/c20-16-5-1-15(2-6-16)19-21-13-18(25-19)14-3-7-17(8-4-14)22-9-11-26(23,24)12-10-22;12-8-11(6-7-11)13-10(14)9-4-2-1-3-5-9;/h1-8,13H,9-12H2;9H,1-7H2,(H,13,14);1H. The predicted octanol–water partition coefficient (Wildman–Crippen LogP) is 5.84. The van der Waals surface area contributed by atoms with Gasteiger partial charge in [-0.15, -0.1) is 11.3 Å². The number of rotatable bonds is 5. The van der Waals surface area contributed by atoms with Crippen molar-refractivity contribution in [3.63, 3.8) is 0 Å². The van der Waals surface area contributed by atoms with Crippen molar-refractivity contribution in [1.82, 2.24) is 10.3 Å². The van der Waals surface area contributed by atoms with Gasteiger partial charge in [0.2, 0.25) is 5.91 Å². The van der Waals surface area contributed by atoms with Gasteiger partial charge in [-0.2, -0.15) is 5.26 Å². The minimum atomic E-state index is -2.87. The number of sulfone groups is 1. The number of carbonyl (C=O) groups excluding carboxylic acids is 1. The Kier molecular flexibility index (Phi) is 8.52. The zero-order chi connectivity index (χ0) is 28.2. The first-order valence-electron chi connectivity index (χ1n) is 13.8. The molecule has 1 amide bonds. The van der Waals surface area contributed by atoms with E-state index in [4.69, 9.17) is 5.26 Å². The molecule has 3 aliphatic rings. The van der Waals surface area contributed by atoms with E-state index >= 15 is 0 Å². The van der Waals surface area contributed by atoms with Crippen LogP contribution in [0.3, 0.4) is 0 Å². The first-order chi connectivity index (χ1) is 19.3. The zero-order valence-corrected chi connectivity index (χ0v) is 23.9. The molecular weight excluding hydrogens is 547 g/mol. The molecule has 10 heteroatoms. The molecule has 1 saturated heterocycles. The third-order valence-electron chi connectivity index (χ3n) is 7.76. The number of nitrogens with zero attached hydrogens (tertiary/aromatic N) is 3. The van der Waals surface area contributed by atoms with Crippen LogP contribution in [-0.2, 0) is 14.6 Å². The van der Waals surface area contributed by atoms with Gasteiger partial charge in [-0.3, -0.25) is 4.79 Å². The van der Waals surface area contributed by atoms with Gasteiger partial charge in [-0.1, -0.05) is 31.4 Å². The lowest BCUT2D eigenvalue weighted by Gasteiger charge is -2.28. The Morgan fingerprint density at radius 3 is 2.25 bits per heavy atom. The smallest absolute Gasteiger partial charge is 0.224 e. The van der Waals surface area contributed by atoms with E-state index < -0.39 is 15.4 Å². The van der Waals surface area contributed by atoms with E-state index in [1.807, 2.05) is 30.5 Å². The molecule has 0 spiro atoms. The van der Waals surface area contributed by atoms with E-state index in [9.17, 15) is 17.6 Å². The fourth-order valence-corrected chi connectivity index (χ4v) is 7.16. The lowest BCUT2D eigenvalue weighted by Crippen LogP contribution is -2.40. The van der Waals surface area contributed by atoms with Crippen LogP contribution in [0.1, 0.15) is 46.4 Å². The van der Waals surface area contributed by atoms with Gasteiger partial charge in [0.25, 0.3) is 0 Å². The fourth-order valence-electron chi connectivity index (χ4n) is 5.03. The van der Waals surface area contributed by atoms with E-state index in [-0.39, 0.29) is 30.6 Å². The molecule has 2 saturated carbocycles. The van der Waals surface area contributed by atoms with Crippen LogP contribution in [-0.4, -0.2) is 49.4 Å². The molecule has 1 aromatic heterocycles. The summed E-state index contributed by atoms with van der Waals surface area (Å²) in [5.41, 5.74) is 2.51. The molecule has 3 fully saturated rings. The highest BCUT2D eigenvalue weighted by atomic mass is 32.2. The molecule has 2 aliphatic carbocycles. The number of nitriles is 1. The molecule has 40 heavy (non-hydrogen) atoms. The second-order valence-electron chi connectivity index (χ2n) is 10.7. The summed E-state index contributed by atoms with van der Waals surface area (Å²) in [5, 5.41) is 12.6. The minimum Gasteiger partial charge on any atom is -0.369 e. The number of anilines is 1. The Hall–Kier alpha value is -3.29. The molecule has 0 radical (unpaired) electrons. The Bertz CT molecular complexity index is 1460. The number of aromatic nitrogens is 1. The summed E-state index contributed by atoms with van der Waals surface area (Å²) in [7, 11) is -2.87. The molecule has 7 nitrogen and oxygen atoms in total. The van der Waals surface area contributed by atoms with Crippen LogP contribution in [0.5, 0.6) is 0 Å². The van der Waals surface area contributed by atoms with Crippen LogP contribution >= 0.6 is 11.3 Å². The van der Waals surface area contributed by atoms with Crippen molar-refractivity contribution in [2.24, 2.45) is 5.92 Å². The maximum Gasteiger partial charge on any atom is 0.224 e. The minimum absolute atomic E-state index is 0. The quantitative estimate of drug-likeness (QED) is 0.406. The highest BCUT2D eigenvalue weighted by Gasteiger charge is 2.45. The molecule has 1 N–H and O–H groups in total. The van der Waals surface area contributed by atoms with Crippen LogP contribution in [0.15, 0.2) is 54.7 Å². The first kappa shape index (κ1) is 28.2. The molecule has 3 aromatic rings. The van der Waals surface area contributed by atoms with E-state index in [2.05, 4.69) is 21.3 Å². The highest BCUT2D eigenvalue weighted by Crippen LogP contribution is 2.36. The maximum absolute atomic E-state index is 13.1. The Morgan fingerprint density at radius 2 is 1.65 bits per heavy atom. The van der Waals surface area contributed by atoms with E-state index in [1.165, 1.54) is 18.6 Å². The predicted molar refractivity (Wildman–Crippen MR) is 158 cm³/mol. The molecular formula is C30H35FN4O3S2. The van der Waals surface area contributed by atoms with Gasteiger partial charge in [0.05, 0.1) is 22.5 Å². The third-order valence-corrected chi connectivity index (χ3v) is 10.5. The number of amides is 1. The largest absolute Gasteiger partial charge is 0.369 e. The number of hydrogen-bond donors (Lipinski definition) is 1. The molecule has 0 bridgehead atoms. The van der Waals surface area contributed by atoms with Crippen LogP contribution < -0.4 is 10.2 Å². The number of thiazole rings is 1. The normalized spacial score (nSPS) is 19.6. The second kappa shape index (κ2) is 12.1. The average molecular weight is 583 g/mol. The number of hydrogen-bond acceptors (Lipinski definition) is 7. The molecule has 1 aliphatic heterocycles. The summed E-state index contributed by atoms with van der Waals surface area (Å²) in [6.45, 7) is 1.08. The topological polar surface area (TPSA) is 103 Å². The molecule has 6 rings (SSSR count). The van der Waals surface area contributed by atoms with Gasteiger partial charge < -0.3 is 10.2 Å². The van der Waals surface area contributed by atoms with Crippen LogP contribution in [0.25, 0.3) is 21.0 Å². The summed E-state index contributed by atoms with van der Waals surface area (Å²) in [6.07, 6.45) is 9.10. The van der Waals surface area contributed by atoms with Crippen LogP contribution in [0, 0.1) is 23.1 Å². The summed E-state index contributed by atoms with van der Waals surface area (Å²) < 4.78 is 36.2. The van der Waals surface area contributed by atoms with Crippen LogP contribution in [0.2, 0.25) is 0 Å². The first-order valence-corrected chi connectivity index (χ1v) is 16.4. The lowest BCUT2D eigenvalue weighted by molar-refractivity contribution is -0.126. The number of benzene rings is 2. The molecule has 212 valence electrons. The highest BCUT2D eigenvalue weighted by molar-refractivity contribution is 7.91. The molecule has 0 unspecified atom stereocenters. The van der Waals surface area contributed by atoms with Crippen molar-refractivity contribution in [3.05, 3.63) is 60.5 Å². The van der Waals surface area contributed by atoms with Gasteiger partial charge in [0, 0.05) is 37.9 Å². The maximum atomic E-state index is 13.1. The van der Waals surface area contributed by atoms with Crippen molar-refractivity contribution in [3.8, 4) is 27.1 Å². The second-order valence-corrected chi connectivity index (χ2v) is 14.1. The Balaban J connectivity index is 0.000000219. The zero-order valence-electron chi connectivity index (χ0n) is 22.3. The summed E-state index contributed by atoms with van der Waals surface area (Å²) in [6, 6.07) is 16.6. The number of carbonyl (C=O) groups is 1. The van der Waals surface area contributed by atoms with Gasteiger partial charge in [0.1, 0.15) is 16.4 Å². The molecule has 2 heterocycles. The fraction of sp³-hybridized carbons (Fsp3) is 0.433. The third kappa shape index (κ3) is 7.07. The number of nitrogens with one attached hydrogen (secondary N) is 1. The SMILES string of the molecule is N#CC1(NC(=O)C2CCCCC2)CC1.O=S1(=O)CCN(c2ccc(-c3cnc(-c4ccc(F)cc4)s3)cc2)CC1.[HH]. The summed E-state index contributed by atoms with van der Waals surface area (Å²) in [4.78, 5) is 19.3. The average Bonchev–Trinajstić information content (AvgIpc) is 3.57. The van der Waals surface area contributed by atoms with Gasteiger partial charge in [0.15, 0.2) is 9.84 Å². The Morgan fingerprint density at radius 1 is 1.02 bits per heavy atom. The summed E-state index contributed by atoms with van der Waals surface area (Å²) >= 11 is 1.56. The number of halogens is 1. The van der Waals surface area contributed by atoms with Crippen molar-refractivity contribution in [1.29, 1.82) is 5.26 Å². The van der Waals surface area contributed by atoms with Crippen molar-refractivity contribution < 1.29 is 19.0 Å². The Labute approximate surface area is 240 Å². The van der Waals surface area contributed by atoms with Gasteiger partial charge in [-0.05, 0) is 67.6 Å². The summed E-state index contributed by atoms with van der Waals surface area (Å²) in [5.74, 6) is 0.458. The van der Waals surface area contributed by atoms with Crippen molar-refractivity contribution in [2.45, 2.75) is 50.5 Å². The van der Waals surface area contributed by atoms with Crippen molar-refractivity contribution >= 4 is 32.8 Å². The monoisotopic (exact) mass is 582 g/mol. The lowest BCUT2D eigenvalue weighted by atomic mass is 9.88. The van der Waals surface area contributed by atoms with Crippen molar-refractivity contribution in [2.75, 3.05) is 29.5 Å². The van der Waals surface area contributed by atoms with E-state index in [1.54, 1.807) is 23.5 Å². The molecule has 0 atom stereocenters. The molecule has 2 aromatic carbocycles. The van der Waals surface area contributed by atoms with Gasteiger partial charge >= 0.3 is 0 Å². The van der Waals surface area contributed by atoms with E-state index in [0.29, 0.717) is 13.1 Å². The van der Waals surface area contributed by atoms with Gasteiger partial charge in [-0.25, -0.2) is 17.8 Å². The van der Waals surface area contributed by atoms with E-state index in [0.717, 1.165) is 65.2 Å². The van der Waals surface area contributed by atoms with Crippen LogP contribution in [0.4, 0.5) is 10.1 Å².